The van der Waals surface area contributed by atoms with Crippen LogP contribution in [-0.2, 0) is 9.63 Å². The first kappa shape index (κ1) is 12.8. The highest BCUT2D eigenvalue weighted by Gasteiger charge is 2.25. The van der Waals surface area contributed by atoms with Crippen molar-refractivity contribution in [3.05, 3.63) is 0 Å². The standard InChI is InChI=1S/C10H18N2O4/c1-2-12(8-5-3-4-6-8)10(15)11-16-7-9(13)14/h8H,2-7H2,1H3,(H,11,15)(H,13,14). The summed E-state index contributed by atoms with van der Waals surface area (Å²) in [5.74, 6) is -1.11. The van der Waals surface area contributed by atoms with Gasteiger partial charge >= 0.3 is 12.0 Å². The zero-order valence-corrected chi connectivity index (χ0v) is 9.44. The number of nitrogens with one attached hydrogen (secondary N) is 1. The van der Waals surface area contributed by atoms with Crippen LogP contribution in [0.3, 0.4) is 0 Å². The molecule has 0 atom stereocenters. The van der Waals surface area contributed by atoms with E-state index < -0.39 is 12.6 Å². The number of hydrogen-bond donors (Lipinski definition) is 2. The van der Waals surface area contributed by atoms with Crippen molar-refractivity contribution in [2.75, 3.05) is 13.2 Å². The van der Waals surface area contributed by atoms with Crippen molar-refractivity contribution in [1.29, 1.82) is 0 Å². The highest BCUT2D eigenvalue weighted by molar-refractivity contribution is 5.74. The van der Waals surface area contributed by atoms with E-state index in [1.165, 1.54) is 0 Å². The number of amides is 2. The Balaban J connectivity index is 2.33. The first-order valence-electron chi connectivity index (χ1n) is 5.55. The highest BCUT2D eigenvalue weighted by atomic mass is 16.7. The van der Waals surface area contributed by atoms with Crippen molar-refractivity contribution in [2.45, 2.75) is 38.6 Å². The van der Waals surface area contributed by atoms with Gasteiger partial charge in [-0.25, -0.2) is 15.1 Å². The van der Waals surface area contributed by atoms with Crippen LogP contribution in [0.1, 0.15) is 32.6 Å². The van der Waals surface area contributed by atoms with Crippen molar-refractivity contribution in [1.82, 2.24) is 10.4 Å². The van der Waals surface area contributed by atoms with E-state index in [4.69, 9.17) is 5.11 Å². The molecule has 16 heavy (non-hydrogen) atoms. The quantitative estimate of drug-likeness (QED) is 0.690. The molecule has 2 amide bonds. The summed E-state index contributed by atoms with van der Waals surface area (Å²) >= 11 is 0. The minimum Gasteiger partial charge on any atom is -0.479 e. The minimum atomic E-state index is -1.11. The summed E-state index contributed by atoms with van der Waals surface area (Å²) in [6.07, 6.45) is 4.31. The van der Waals surface area contributed by atoms with Gasteiger partial charge in [-0.05, 0) is 19.8 Å². The van der Waals surface area contributed by atoms with Gasteiger partial charge in [0.15, 0.2) is 6.61 Å². The Bertz CT molecular complexity index is 251. The molecule has 6 nitrogen and oxygen atoms in total. The van der Waals surface area contributed by atoms with Crippen LogP contribution < -0.4 is 5.48 Å². The van der Waals surface area contributed by atoms with Crippen LogP contribution in [0.4, 0.5) is 4.79 Å². The fraction of sp³-hybridized carbons (Fsp3) is 0.800. The van der Waals surface area contributed by atoms with Gasteiger partial charge in [0.25, 0.3) is 0 Å². The SMILES string of the molecule is CCN(C(=O)NOCC(=O)O)C1CCCC1. The molecule has 0 unspecified atom stereocenters. The summed E-state index contributed by atoms with van der Waals surface area (Å²) in [5, 5.41) is 8.34. The first-order chi connectivity index (χ1) is 7.65. The van der Waals surface area contributed by atoms with Crippen molar-refractivity contribution in [3.8, 4) is 0 Å². The first-order valence-corrected chi connectivity index (χ1v) is 5.55. The van der Waals surface area contributed by atoms with Crippen LogP contribution in [0, 0.1) is 0 Å². The number of nitrogens with zero attached hydrogens (tertiary/aromatic N) is 1. The van der Waals surface area contributed by atoms with Crippen LogP contribution in [0.2, 0.25) is 0 Å². The van der Waals surface area contributed by atoms with Gasteiger partial charge in [-0.2, -0.15) is 0 Å². The summed E-state index contributed by atoms with van der Waals surface area (Å²) in [7, 11) is 0. The second-order valence-corrected chi connectivity index (χ2v) is 3.81. The Morgan fingerprint density at radius 3 is 2.56 bits per heavy atom. The predicted molar refractivity (Wildman–Crippen MR) is 56.8 cm³/mol. The molecule has 0 aromatic rings. The fourth-order valence-electron chi connectivity index (χ4n) is 2.00. The van der Waals surface area contributed by atoms with Crippen LogP contribution in [-0.4, -0.2) is 41.2 Å². The number of carbonyl (C=O) groups is 2. The molecule has 0 heterocycles. The number of carboxylic acid groups (broad SMARTS) is 1. The lowest BCUT2D eigenvalue weighted by atomic mass is 10.2. The lowest BCUT2D eigenvalue weighted by molar-refractivity contribution is -0.144. The van der Waals surface area contributed by atoms with E-state index in [1.807, 2.05) is 6.92 Å². The van der Waals surface area contributed by atoms with Crippen LogP contribution in [0.25, 0.3) is 0 Å². The molecule has 1 fully saturated rings. The van der Waals surface area contributed by atoms with E-state index in [9.17, 15) is 9.59 Å². The van der Waals surface area contributed by atoms with E-state index >= 15 is 0 Å². The molecule has 92 valence electrons. The summed E-state index contributed by atoms with van der Waals surface area (Å²) < 4.78 is 0. The maximum Gasteiger partial charge on any atom is 0.341 e. The Morgan fingerprint density at radius 2 is 2.06 bits per heavy atom. The van der Waals surface area contributed by atoms with E-state index in [0.29, 0.717) is 6.54 Å². The molecular formula is C10H18N2O4. The highest BCUT2D eigenvalue weighted by Crippen LogP contribution is 2.23. The predicted octanol–water partition coefficient (Wildman–Crippen LogP) is 0.977. The summed E-state index contributed by atoms with van der Waals surface area (Å²) in [6, 6.07) is -0.0888. The topological polar surface area (TPSA) is 78.9 Å². The number of carboxylic acids is 1. The Kier molecular flexibility index (Phi) is 5.04. The van der Waals surface area contributed by atoms with Gasteiger partial charge in [0.05, 0.1) is 0 Å². The zero-order chi connectivity index (χ0) is 12.0. The molecular weight excluding hydrogens is 212 g/mol. The number of hydroxylamine groups is 1. The molecule has 0 bridgehead atoms. The average molecular weight is 230 g/mol. The number of hydrogen-bond acceptors (Lipinski definition) is 3. The lowest BCUT2D eigenvalue weighted by Crippen LogP contribution is -2.45. The summed E-state index contributed by atoms with van der Waals surface area (Å²) in [6.45, 7) is 1.98. The van der Waals surface area contributed by atoms with E-state index in [0.717, 1.165) is 25.7 Å². The van der Waals surface area contributed by atoms with E-state index in [1.54, 1.807) is 4.90 Å². The average Bonchev–Trinajstić information content (AvgIpc) is 2.71. The van der Waals surface area contributed by atoms with Crippen LogP contribution in [0.5, 0.6) is 0 Å². The van der Waals surface area contributed by atoms with Gasteiger partial charge in [0, 0.05) is 12.6 Å². The summed E-state index contributed by atoms with van der Waals surface area (Å²) in [5.41, 5.74) is 2.15. The smallest absolute Gasteiger partial charge is 0.341 e. The normalized spacial score (nSPS) is 16.1. The monoisotopic (exact) mass is 230 g/mol. The van der Waals surface area contributed by atoms with Crippen molar-refractivity contribution < 1.29 is 19.5 Å². The number of carbonyl (C=O) groups excluding carboxylic acids is 1. The number of rotatable bonds is 5. The molecule has 0 aromatic heterocycles. The third kappa shape index (κ3) is 3.69. The number of aliphatic carboxylic acids is 1. The van der Waals surface area contributed by atoms with Gasteiger partial charge in [0.1, 0.15) is 0 Å². The molecule has 0 spiro atoms. The molecule has 6 heteroatoms. The van der Waals surface area contributed by atoms with Crippen LogP contribution in [0.15, 0.2) is 0 Å². The minimum absolute atomic E-state index is 0.262. The third-order valence-electron chi connectivity index (χ3n) is 2.72. The second-order valence-electron chi connectivity index (χ2n) is 3.81. The molecule has 1 aliphatic rings. The largest absolute Gasteiger partial charge is 0.479 e. The van der Waals surface area contributed by atoms with Crippen molar-refractivity contribution in [3.63, 3.8) is 0 Å². The van der Waals surface area contributed by atoms with Gasteiger partial charge in [-0.1, -0.05) is 12.8 Å². The molecule has 0 aromatic carbocycles. The van der Waals surface area contributed by atoms with E-state index in [2.05, 4.69) is 10.3 Å². The van der Waals surface area contributed by atoms with Gasteiger partial charge in [-0.3, -0.25) is 4.84 Å². The van der Waals surface area contributed by atoms with Gasteiger partial charge in [-0.15, -0.1) is 0 Å². The van der Waals surface area contributed by atoms with E-state index in [-0.39, 0.29) is 12.1 Å². The maximum absolute atomic E-state index is 11.6. The van der Waals surface area contributed by atoms with Crippen LogP contribution >= 0.6 is 0 Å². The molecule has 0 radical (unpaired) electrons. The maximum atomic E-state index is 11.6. The third-order valence-corrected chi connectivity index (χ3v) is 2.72. The lowest BCUT2D eigenvalue weighted by Gasteiger charge is -2.27. The Morgan fingerprint density at radius 1 is 1.44 bits per heavy atom. The molecule has 1 aliphatic carbocycles. The zero-order valence-electron chi connectivity index (χ0n) is 9.44. The van der Waals surface area contributed by atoms with Crippen molar-refractivity contribution in [2.24, 2.45) is 0 Å². The molecule has 0 aliphatic heterocycles. The fourth-order valence-corrected chi connectivity index (χ4v) is 2.00. The molecule has 1 rings (SSSR count). The molecule has 2 N–H and O–H groups in total. The molecule has 0 saturated heterocycles. The second kappa shape index (κ2) is 6.32. The Hall–Kier alpha value is -1.30. The van der Waals surface area contributed by atoms with Gasteiger partial charge < -0.3 is 10.0 Å². The van der Waals surface area contributed by atoms with Gasteiger partial charge in [0.2, 0.25) is 0 Å². The summed E-state index contributed by atoms with van der Waals surface area (Å²) in [4.78, 5) is 28.1. The number of urea groups is 1. The van der Waals surface area contributed by atoms with Crippen molar-refractivity contribution >= 4 is 12.0 Å². The molecule has 1 saturated carbocycles. The Labute approximate surface area is 94.5 Å².